The molecule has 0 heterocycles. The minimum absolute atomic E-state index is 0.0135. The van der Waals surface area contributed by atoms with Crippen LogP contribution in [0, 0.1) is 0 Å². The van der Waals surface area contributed by atoms with Crippen molar-refractivity contribution in [3.05, 3.63) is 28.8 Å². The highest BCUT2D eigenvalue weighted by Gasteiger charge is 2.21. The predicted octanol–water partition coefficient (Wildman–Crippen LogP) is 3.14. The van der Waals surface area contributed by atoms with Crippen molar-refractivity contribution in [2.24, 2.45) is 0 Å². The molecular weight excluding hydrogens is 261 g/mol. The number of alkyl halides is 1. The number of carbonyl (C=O) groups is 1. The van der Waals surface area contributed by atoms with Crippen molar-refractivity contribution < 1.29 is 9.90 Å². The Labute approximate surface area is 111 Å². The van der Waals surface area contributed by atoms with Gasteiger partial charge in [0.25, 0.3) is 5.91 Å². The van der Waals surface area contributed by atoms with E-state index in [9.17, 15) is 9.90 Å². The topological polar surface area (TPSA) is 40.5 Å². The Hall–Kier alpha value is -0.930. The first-order valence-corrected chi connectivity index (χ1v) is 6.24. The van der Waals surface area contributed by atoms with E-state index in [0.717, 1.165) is 0 Å². The van der Waals surface area contributed by atoms with Gasteiger partial charge in [0.2, 0.25) is 0 Å². The Morgan fingerprint density at radius 1 is 1.47 bits per heavy atom. The molecule has 1 amide bonds. The molecule has 0 aliphatic rings. The maximum Gasteiger partial charge on any atom is 0.257 e. The molecule has 3 nitrogen and oxygen atoms in total. The quantitative estimate of drug-likeness (QED) is 0.858. The molecule has 1 aromatic rings. The first-order valence-electron chi connectivity index (χ1n) is 5.32. The number of halogens is 2. The minimum Gasteiger partial charge on any atom is -0.507 e. The van der Waals surface area contributed by atoms with Gasteiger partial charge in [0.15, 0.2) is 0 Å². The predicted molar refractivity (Wildman–Crippen MR) is 70.0 cm³/mol. The molecule has 1 N–H and O–H groups in total. The van der Waals surface area contributed by atoms with Crippen LogP contribution in [0.1, 0.15) is 24.2 Å². The molecule has 1 rings (SSSR count). The summed E-state index contributed by atoms with van der Waals surface area (Å²) in [5.41, 5.74) is 0.205. The van der Waals surface area contributed by atoms with Crippen LogP contribution in [-0.4, -0.2) is 34.4 Å². The van der Waals surface area contributed by atoms with Crippen molar-refractivity contribution in [1.82, 2.24) is 4.90 Å². The molecule has 94 valence electrons. The average molecular weight is 276 g/mol. The number of carbonyl (C=O) groups excluding carboxylic acids is 1. The zero-order valence-electron chi connectivity index (χ0n) is 9.78. The molecule has 0 saturated carbocycles. The highest BCUT2D eigenvalue weighted by Crippen LogP contribution is 2.23. The smallest absolute Gasteiger partial charge is 0.257 e. The van der Waals surface area contributed by atoms with Crippen LogP contribution in [-0.2, 0) is 0 Å². The van der Waals surface area contributed by atoms with Crippen LogP contribution in [0.3, 0.4) is 0 Å². The van der Waals surface area contributed by atoms with Crippen molar-refractivity contribution >= 4 is 29.1 Å². The van der Waals surface area contributed by atoms with E-state index in [1.165, 1.54) is 18.2 Å². The lowest BCUT2D eigenvalue weighted by Gasteiger charge is -2.26. The van der Waals surface area contributed by atoms with Gasteiger partial charge in [-0.1, -0.05) is 11.6 Å². The van der Waals surface area contributed by atoms with E-state index in [0.29, 0.717) is 17.4 Å². The number of hydrogen-bond acceptors (Lipinski definition) is 2. The number of hydrogen-bond donors (Lipinski definition) is 1. The molecule has 0 atom stereocenters. The van der Waals surface area contributed by atoms with Gasteiger partial charge in [-0.25, -0.2) is 0 Å². The highest BCUT2D eigenvalue weighted by atomic mass is 35.5. The SMILES string of the molecule is CC(C)N(CCCl)C(=O)c1cc(Cl)ccc1O. The van der Waals surface area contributed by atoms with Crippen molar-refractivity contribution in [2.75, 3.05) is 12.4 Å². The molecule has 0 unspecified atom stereocenters. The van der Waals surface area contributed by atoms with Gasteiger partial charge in [-0.3, -0.25) is 4.79 Å². The van der Waals surface area contributed by atoms with Crippen LogP contribution >= 0.6 is 23.2 Å². The van der Waals surface area contributed by atoms with Crippen LogP contribution in [0.25, 0.3) is 0 Å². The lowest BCUT2D eigenvalue weighted by molar-refractivity contribution is 0.0715. The van der Waals surface area contributed by atoms with Gasteiger partial charge in [-0.2, -0.15) is 0 Å². The van der Waals surface area contributed by atoms with E-state index in [1.54, 1.807) is 4.90 Å². The summed E-state index contributed by atoms with van der Waals surface area (Å²) in [6.07, 6.45) is 0. The molecule has 5 heteroatoms. The lowest BCUT2D eigenvalue weighted by atomic mass is 10.1. The first-order chi connectivity index (χ1) is 7.97. The maximum atomic E-state index is 12.2. The summed E-state index contributed by atoms with van der Waals surface area (Å²) in [7, 11) is 0. The Morgan fingerprint density at radius 2 is 2.12 bits per heavy atom. The summed E-state index contributed by atoms with van der Waals surface area (Å²) >= 11 is 11.5. The van der Waals surface area contributed by atoms with Gasteiger partial charge in [0, 0.05) is 23.5 Å². The molecule has 0 radical (unpaired) electrons. The molecule has 0 aliphatic carbocycles. The summed E-state index contributed by atoms with van der Waals surface area (Å²) in [5.74, 6) is 0.0193. The van der Waals surface area contributed by atoms with Gasteiger partial charge in [0.05, 0.1) is 5.56 Å². The van der Waals surface area contributed by atoms with Gasteiger partial charge in [0.1, 0.15) is 5.75 Å². The van der Waals surface area contributed by atoms with Gasteiger partial charge in [-0.05, 0) is 32.0 Å². The zero-order chi connectivity index (χ0) is 13.0. The van der Waals surface area contributed by atoms with E-state index in [2.05, 4.69) is 0 Å². The Balaban J connectivity index is 3.04. The van der Waals surface area contributed by atoms with Gasteiger partial charge in [-0.15, -0.1) is 11.6 Å². The van der Waals surface area contributed by atoms with Crippen LogP contribution in [0.4, 0.5) is 0 Å². The number of nitrogens with zero attached hydrogens (tertiary/aromatic N) is 1. The second-order valence-corrected chi connectivity index (χ2v) is 4.76. The lowest BCUT2D eigenvalue weighted by Crippen LogP contribution is -2.38. The fraction of sp³-hybridized carbons (Fsp3) is 0.417. The number of aromatic hydroxyl groups is 1. The Morgan fingerprint density at radius 3 is 2.65 bits per heavy atom. The standard InChI is InChI=1S/C12H15Cl2NO2/c1-8(2)15(6-5-13)12(17)10-7-9(14)3-4-11(10)16/h3-4,7-8,16H,5-6H2,1-2H3. The number of rotatable bonds is 4. The summed E-state index contributed by atoms with van der Waals surface area (Å²) in [6.45, 7) is 4.22. The van der Waals surface area contributed by atoms with Gasteiger partial charge >= 0.3 is 0 Å². The van der Waals surface area contributed by atoms with Crippen LogP contribution in [0.2, 0.25) is 5.02 Å². The van der Waals surface area contributed by atoms with Gasteiger partial charge < -0.3 is 10.0 Å². The zero-order valence-corrected chi connectivity index (χ0v) is 11.3. The molecule has 17 heavy (non-hydrogen) atoms. The average Bonchev–Trinajstić information content (AvgIpc) is 2.28. The largest absolute Gasteiger partial charge is 0.507 e. The minimum atomic E-state index is -0.263. The number of phenols is 1. The molecule has 0 saturated heterocycles. The first kappa shape index (κ1) is 14.1. The molecule has 0 bridgehead atoms. The molecule has 0 aromatic heterocycles. The molecule has 0 aliphatic heterocycles. The fourth-order valence-electron chi connectivity index (χ4n) is 1.52. The maximum absolute atomic E-state index is 12.2. The summed E-state index contributed by atoms with van der Waals surface area (Å²) in [5, 5.41) is 10.1. The Bertz CT molecular complexity index is 407. The normalized spacial score (nSPS) is 10.6. The van der Waals surface area contributed by atoms with Crippen molar-refractivity contribution in [3.63, 3.8) is 0 Å². The molecule has 0 fully saturated rings. The second kappa shape index (κ2) is 6.12. The van der Waals surface area contributed by atoms with E-state index >= 15 is 0 Å². The summed E-state index contributed by atoms with van der Waals surface area (Å²) < 4.78 is 0. The second-order valence-electron chi connectivity index (χ2n) is 3.94. The van der Waals surface area contributed by atoms with E-state index in [1.807, 2.05) is 13.8 Å². The monoisotopic (exact) mass is 275 g/mol. The third-order valence-corrected chi connectivity index (χ3v) is 2.80. The van der Waals surface area contributed by atoms with Crippen molar-refractivity contribution in [2.45, 2.75) is 19.9 Å². The highest BCUT2D eigenvalue weighted by molar-refractivity contribution is 6.31. The Kier molecular flexibility index (Phi) is 5.09. The number of benzene rings is 1. The van der Waals surface area contributed by atoms with Crippen LogP contribution in [0.15, 0.2) is 18.2 Å². The van der Waals surface area contributed by atoms with E-state index < -0.39 is 0 Å². The number of phenolic OH excluding ortho intramolecular Hbond substituents is 1. The van der Waals surface area contributed by atoms with Crippen molar-refractivity contribution in [1.29, 1.82) is 0 Å². The molecule has 1 aromatic carbocycles. The third-order valence-electron chi connectivity index (χ3n) is 2.40. The molecule has 0 spiro atoms. The summed E-state index contributed by atoms with van der Waals surface area (Å²) in [6, 6.07) is 4.42. The van der Waals surface area contributed by atoms with Crippen LogP contribution in [0.5, 0.6) is 5.75 Å². The van der Waals surface area contributed by atoms with E-state index in [4.69, 9.17) is 23.2 Å². The van der Waals surface area contributed by atoms with Crippen LogP contribution < -0.4 is 0 Å². The number of amides is 1. The molecular formula is C12H15Cl2NO2. The third kappa shape index (κ3) is 3.51. The van der Waals surface area contributed by atoms with Crippen molar-refractivity contribution in [3.8, 4) is 5.75 Å². The summed E-state index contributed by atoms with van der Waals surface area (Å²) in [4.78, 5) is 13.8. The van der Waals surface area contributed by atoms with E-state index in [-0.39, 0.29) is 23.3 Å². The fourth-order valence-corrected chi connectivity index (χ4v) is 1.87.